The van der Waals surface area contributed by atoms with E-state index in [0.29, 0.717) is 0 Å². The van der Waals surface area contributed by atoms with E-state index in [-0.39, 0.29) is 5.78 Å². The molecule has 0 saturated heterocycles. The first kappa shape index (κ1) is 13.2. The molecule has 0 spiro atoms. The van der Waals surface area contributed by atoms with Crippen LogP contribution >= 0.6 is 27.3 Å². The molecule has 0 aliphatic rings. The van der Waals surface area contributed by atoms with E-state index in [1.165, 1.54) is 16.9 Å². The van der Waals surface area contributed by atoms with Crippen LogP contribution in [-0.2, 0) is 6.42 Å². The van der Waals surface area contributed by atoms with Crippen LogP contribution < -0.4 is 0 Å². The van der Waals surface area contributed by atoms with Crippen LogP contribution in [0.2, 0.25) is 0 Å². The molecule has 0 saturated carbocycles. The minimum Gasteiger partial charge on any atom is -0.288 e. The molecule has 2 aromatic rings. The predicted octanol–water partition coefficient (Wildman–Crippen LogP) is 4.97. The van der Waals surface area contributed by atoms with Gasteiger partial charge in [-0.25, -0.2) is 0 Å². The van der Waals surface area contributed by atoms with Crippen LogP contribution in [-0.4, -0.2) is 5.78 Å². The number of aryl methyl sites for hydroxylation is 1. The van der Waals surface area contributed by atoms with Crippen LogP contribution in [0.5, 0.6) is 0 Å². The Balaban J connectivity index is 2.08. The Bertz CT molecular complexity index is 566. The van der Waals surface area contributed by atoms with Gasteiger partial charge in [0.1, 0.15) is 0 Å². The van der Waals surface area contributed by atoms with Gasteiger partial charge in [-0.2, -0.15) is 0 Å². The minimum atomic E-state index is 0.0465. The molecule has 1 aromatic carbocycles. The first-order valence-corrected chi connectivity index (χ1v) is 7.36. The second kappa shape index (κ2) is 6.12. The molecule has 0 amide bonds. The summed E-state index contributed by atoms with van der Waals surface area (Å²) >= 11 is 4.81. The van der Waals surface area contributed by atoms with Gasteiger partial charge in [0.2, 0.25) is 0 Å². The van der Waals surface area contributed by atoms with Crippen molar-refractivity contribution in [3.8, 4) is 0 Å². The van der Waals surface area contributed by atoms with Crippen LogP contribution in [0.15, 0.2) is 46.3 Å². The molecular formula is C15H13BrOS. The molecule has 1 aromatic heterocycles. The van der Waals surface area contributed by atoms with Crippen LogP contribution in [0.1, 0.15) is 27.7 Å². The molecule has 92 valence electrons. The standard InChI is InChI=1S/C15H13BrOS/c1-2-11-3-5-12(6-4-11)7-8-13(17)14-9-10-15(16)18-14/h3-10H,2H2,1H3/b8-7+. The normalized spacial score (nSPS) is 11.0. The molecule has 0 aliphatic heterocycles. The van der Waals surface area contributed by atoms with E-state index in [1.54, 1.807) is 6.08 Å². The molecule has 1 heterocycles. The lowest BCUT2D eigenvalue weighted by Crippen LogP contribution is -1.88. The van der Waals surface area contributed by atoms with Gasteiger partial charge in [-0.15, -0.1) is 11.3 Å². The number of benzene rings is 1. The van der Waals surface area contributed by atoms with E-state index in [2.05, 4.69) is 35.0 Å². The van der Waals surface area contributed by atoms with E-state index in [9.17, 15) is 4.79 Å². The molecule has 0 atom stereocenters. The summed E-state index contributed by atoms with van der Waals surface area (Å²) in [6, 6.07) is 12.0. The van der Waals surface area contributed by atoms with Gasteiger partial charge in [0, 0.05) is 0 Å². The summed E-state index contributed by atoms with van der Waals surface area (Å²) in [5, 5.41) is 0. The molecular weight excluding hydrogens is 308 g/mol. The lowest BCUT2D eigenvalue weighted by molar-refractivity contribution is 0.105. The molecule has 18 heavy (non-hydrogen) atoms. The average molecular weight is 321 g/mol. The molecule has 3 heteroatoms. The summed E-state index contributed by atoms with van der Waals surface area (Å²) in [6.45, 7) is 2.13. The highest BCUT2D eigenvalue weighted by Crippen LogP contribution is 2.22. The predicted molar refractivity (Wildman–Crippen MR) is 81.2 cm³/mol. The molecule has 1 nitrogen and oxygen atoms in total. The fourth-order valence-electron chi connectivity index (χ4n) is 1.57. The SMILES string of the molecule is CCc1ccc(/C=C/C(=O)c2ccc(Br)s2)cc1. The zero-order valence-corrected chi connectivity index (χ0v) is 12.4. The Morgan fingerprint density at radius 2 is 1.94 bits per heavy atom. The van der Waals surface area contributed by atoms with Crippen molar-refractivity contribution in [3.63, 3.8) is 0 Å². The lowest BCUT2D eigenvalue weighted by Gasteiger charge is -1.96. The maximum Gasteiger partial charge on any atom is 0.195 e. The number of allylic oxidation sites excluding steroid dienone is 1. The van der Waals surface area contributed by atoms with E-state index < -0.39 is 0 Å². The summed E-state index contributed by atoms with van der Waals surface area (Å²) in [7, 11) is 0. The van der Waals surface area contributed by atoms with Crippen molar-refractivity contribution in [2.75, 3.05) is 0 Å². The van der Waals surface area contributed by atoms with Crippen LogP contribution in [0, 0.1) is 0 Å². The van der Waals surface area contributed by atoms with E-state index >= 15 is 0 Å². The van der Waals surface area contributed by atoms with Gasteiger partial charge in [0.25, 0.3) is 0 Å². The fraction of sp³-hybridized carbons (Fsp3) is 0.133. The Morgan fingerprint density at radius 1 is 1.22 bits per heavy atom. The van der Waals surface area contributed by atoms with Gasteiger partial charge in [0.05, 0.1) is 8.66 Å². The first-order valence-electron chi connectivity index (χ1n) is 5.75. The van der Waals surface area contributed by atoms with Gasteiger partial charge in [-0.1, -0.05) is 37.3 Å². The summed E-state index contributed by atoms with van der Waals surface area (Å²) in [5.41, 5.74) is 2.36. The molecule has 0 fully saturated rings. The highest BCUT2D eigenvalue weighted by atomic mass is 79.9. The molecule has 0 unspecified atom stereocenters. The van der Waals surface area contributed by atoms with E-state index in [4.69, 9.17) is 0 Å². The van der Waals surface area contributed by atoms with Crippen molar-refractivity contribution in [1.29, 1.82) is 0 Å². The van der Waals surface area contributed by atoms with Gasteiger partial charge in [0.15, 0.2) is 5.78 Å². The van der Waals surface area contributed by atoms with Gasteiger partial charge >= 0.3 is 0 Å². The maximum absolute atomic E-state index is 11.9. The lowest BCUT2D eigenvalue weighted by atomic mass is 10.1. The quantitative estimate of drug-likeness (QED) is 0.574. The highest BCUT2D eigenvalue weighted by molar-refractivity contribution is 9.11. The Hall–Kier alpha value is -1.19. The zero-order chi connectivity index (χ0) is 13.0. The third-order valence-corrected chi connectivity index (χ3v) is 4.27. The fourth-order valence-corrected chi connectivity index (χ4v) is 2.87. The molecule has 0 N–H and O–H groups in total. The number of ketones is 1. The molecule has 0 bridgehead atoms. The Kier molecular flexibility index (Phi) is 4.50. The number of hydrogen-bond donors (Lipinski definition) is 0. The second-order valence-corrected chi connectivity index (χ2v) is 6.36. The molecule has 0 aliphatic carbocycles. The molecule has 0 radical (unpaired) electrons. The number of hydrogen-bond acceptors (Lipinski definition) is 2. The van der Waals surface area contributed by atoms with Crippen LogP contribution in [0.25, 0.3) is 6.08 Å². The van der Waals surface area contributed by atoms with Gasteiger partial charge < -0.3 is 0 Å². The monoisotopic (exact) mass is 320 g/mol. The summed E-state index contributed by atoms with van der Waals surface area (Å²) < 4.78 is 0.978. The summed E-state index contributed by atoms with van der Waals surface area (Å²) in [4.78, 5) is 12.6. The molecule has 2 rings (SSSR count). The Labute approximate surface area is 119 Å². The second-order valence-electron chi connectivity index (χ2n) is 3.90. The van der Waals surface area contributed by atoms with Crippen molar-refractivity contribution in [3.05, 3.63) is 62.3 Å². The number of carbonyl (C=O) groups excluding carboxylic acids is 1. The zero-order valence-electron chi connectivity index (χ0n) is 10.0. The summed E-state index contributed by atoms with van der Waals surface area (Å²) in [6.07, 6.45) is 4.51. The van der Waals surface area contributed by atoms with Crippen molar-refractivity contribution in [1.82, 2.24) is 0 Å². The van der Waals surface area contributed by atoms with E-state index in [0.717, 1.165) is 20.6 Å². The van der Waals surface area contributed by atoms with Gasteiger partial charge in [-0.05, 0) is 51.7 Å². The smallest absolute Gasteiger partial charge is 0.195 e. The largest absolute Gasteiger partial charge is 0.288 e. The topological polar surface area (TPSA) is 17.1 Å². The third kappa shape index (κ3) is 3.40. The van der Waals surface area contributed by atoms with Crippen LogP contribution in [0.4, 0.5) is 0 Å². The van der Waals surface area contributed by atoms with E-state index in [1.807, 2.05) is 30.3 Å². The minimum absolute atomic E-state index is 0.0465. The maximum atomic E-state index is 11.9. The van der Waals surface area contributed by atoms with Crippen molar-refractivity contribution in [2.24, 2.45) is 0 Å². The van der Waals surface area contributed by atoms with Crippen molar-refractivity contribution >= 4 is 39.1 Å². The Morgan fingerprint density at radius 3 is 2.50 bits per heavy atom. The van der Waals surface area contributed by atoms with Gasteiger partial charge in [-0.3, -0.25) is 4.79 Å². The number of carbonyl (C=O) groups is 1. The number of halogens is 1. The number of rotatable bonds is 4. The van der Waals surface area contributed by atoms with Crippen LogP contribution in [0.3, 0.4) is 0 Å². The number of thiophene rings is 1. The van der Waals surface area contributed by atoms with Crippen molar-refractivity contribution < 1.29 is 4.79 Å². The average Bonchev–Trinajstić information content (AvgIpc) is 2.83. The first-order chi connectivity index (χ1) is 8.69. The third-order valence-electron chi connectivity index (χ3n) is 2.63. The summed E-state index contributed by atoms with van der Waals surface area (Å²) in [5.74, 6) is 0.0465. The highest BCUT2D eigenvalue weighted by Gasteiger charge is 2.04. The van der Waals surface area contributed by atoms with Crippen molar-refractivity contribution in [2.45, 2.75) is 13.3 Å².